The third kappa shape index (κ3) is 4.61. The van der Waals surface area contributed by atoms with E-state index in [1.54, 1.807) is 11.8 Å². The van der Waals surface area contributed by atoms with E-state index in [0.717, 1.165) is 32.4 Å². The van der Waals surface area contributed by atoms with Crippen molar-refractivity contribution in [2.24, 2.45) is 5.73 Å². The predicted octanol–water partition coefficient (Wildman–Crippen LogP) is -0.734. The third-order valence-electron chi connectivity index (χ3n) is 2.78. The molecule has 0 saturated carbocycles. The number of hydrogen-bond acceptors (Lipinski definition) is 4. The maximum absolute atomic E-state index is 11.9. The predicted molar refractivity (Wildman–Crippen MR) is 65.9 cm³/mol. The monoisotopic (exact) mass is 263 g/mol. The first-order chi connectivity index (χ1) is 7.96. The first-order valence-corrected chi connectivity index (χ1v) is 7.60. The van der Waals surface area contributed by atoms with E-state index in [2.05, 4.69) is 4.72 Å². The van der Waals surface area contributed by atoms with E-state index in [0.29, 0.717) is 0 Å². The van der Waals surface area contributed by atoms with Crippen LogP contribution in [0.25, 0.3) is 0 Å². The molecule has 1 unspecified atom stereocenters. The summed E-state index contributed by atoms with van der Waals surface area (Å²) in [5.41, 5.74) is 5.19. The molecule has 1 rings (SSSR count). The molecule has 1 atom stereocenters. The second-order valence-electron chi connectivity index (χ2n) is 4.33. The maximum atomic E-state index is 11.9. The van der Waals surface area contributed by atoms with Gasteiger partial charge in [0.05, 0.1) is 11.8 Å². The zero-order chi connectivity index (χ0) is 12.9. The summed E-state index contributed by atoms with van der Waals surface area (Å²) in [7, 11) is -3.44. The van der Waals surface area contributed by atoms with Crippen LogP contribution in [-0.4, -0.2) is 50.7 Å². The van der Waals surface area contributed by atoms with Gasteiger partial charge in [0.25, 0.3) is 0 Å². The molecule has 0 aliphatic carbocycles. The van der Waals surface area contributed by atoms with Crippen molar-refractivity contribution in [3.05, 3.63) is 0 Å². The minimum atomic E-state index is -3.44. The normalized spacial score (nSPS) is 19.1. The van der Waals surface area contributed by atoms with E-state index in [9.17, 15) is 13.2 Å². The van der Waals surface area contributed by atoms with Crippen LogP contribution in [0.3, 0.4) is 0 Å². The number of hydrogen-bond donors (Lipinski definition) is 2. The summed E-state index contributed by atoms with van der Waals surface area (Å²) in [6.07, 6.45) is 3.12. The van der Waals surface area contributed by atoms with E-state index in [-0.39, 0.29) is 18.2 Å². The van der Waals surface area contributed by atoms with Gasteiger partial charge >= 0.3 is 0 Å². The van der Waals surface area contributed by atoms with Crippen LogP contribution in [0.4, 0.5) is 0 Å². The van der Waals surface area contributed by atoms with Gasteiger partial charge in [0.1, 0.15) is 0 Å². The lowest BCUT2D eigenvalue weighted by molar-refractivity contribution is -0.133. The molecule has 1 saturated heterocycles. The van der Waals surface area contributed by atoms with E-state index in [1.807, 2.05) is 0 Å². The van der Waals surface area contributed by atoms with Gasteiger partial charge in [0.2, 0.25) is 15.9 Å². The molecule has 17 heavy (non-hydrogen) atoms. The fraction of sp³-hybridized carbons (Fsp3) is 0.900. The molecular weight excluding hydrogens is 242 g/mol. The van der Waals surface area contributed by atoms with Crippen LogP contribution < -0.4 is 10.5 Å². The van der Waals surface area contributed by atoms with E-state index < -0.39 is 16.1 Å². The molecule has 1 fully saturated rings. The van der Waals surface area contributed by atoms with Crippen LogP contribution in [0, 0.1) is 0 Å². The maximum Gasteiger partial charge on any atom is 0.240 e. The second-order valence-corrected chi connectivity index (χ2v) is 6.21. The molecule has 0 aromatic heterocycles. The van der Waals surface area contributed by atoms with Crippen LogP contribution in [0.1, 0.15) is 26.2 Å². The SMILES string of the molecule is CC(NS(=O)(=O)CCN)C(=O)N1CCCCC1. The van der Waals surface area contributed by atoms with Gasteiger partial charge in [-0.2, -0.15) is 0 Å². The Hall–Kier alpha value is -0.660. The smallest absolute Gasteiger partial charge is 0.240 e. The zero-order valence-corrected chi connectivity index (χ0v) is 11.0. The molecule has 1 aliphatic rings. The summed E-state index contributed by atoms with van der Waals surface area (Å²) in [4.78, 5) is 13.7. The summed E-state index contributed by atoms with van der Waals surface area (Å²) in [6, 6.07) is -0.704. The van der Waals surface area contributed by atoms with Crippen molar-refractivity contribution in [2.75, 3.05) is 25.4 Å². The molecule has 0 bridgehead atoms. The largest absolute Gasteiger partial charge is 0.341 e. The Bertz CT molecular complexity index is 350. The van der Waals surface area contributed by atoms with Gasteiger partial charge in [-0.15, -0.1) is 0 Å². The van der Waals surface area contributed by atoms with Crippen molar-refractivity contribution in [1.29, 1.82) is 0 Å². The minimum Gasteiger partial charge on any atom is -0.341 e. The summed E-state index contributed by atoms with van der Waals surface area (Å²) < 4.78 is 25.3. The van der Waals surface area contributed by atoms with Crippen molar-refractivity contribution < 1.29 is 13.2 Å². The first-order valence-electron chi connectivity index (χ1n) is 5.95. The van der Waals surface area contributed by atoms with Gasteiger partial charge in [-0.05, 0) is 26.2 Å². The lowest BCUT2D eigenvalue weighted by atomic mass is 10.1. The molecule has 6 nitrogen and oxygen atoms in total. The fourth-order valence-electron chi connectivity index (χ4n) is 1.92. The molecular formula is C10H21N3O3S. The number of carbonyl (C=O) groups is 1. The Morgan fingerprint density at radius 2 is 1.94 bits per heavy atom. The number of sulfonamides is 1. The van der Waals surface area contributed by atoms with Crippen molar-refractivity contribution in [1.82, 2.24) is 9.62 Å². The lowest BCUT2D eigenvalue weighted by Gasteiger charge is -2.29. The van der Waals surface area contributed by atoms with Crippen molar-refractivity contribution in [3.63, 3.8) is 0 Å². The van der Waals surface area contributed by atoms with Crippen LogP contribution in [0.5, 0.6) is 0 Å². The molecule has 1 heterocycles. The Morgan fingerprint density at radius 1 is 1.35 bits per heavy atom. The van der Waals surface area contributed by atoms with Crippen molar-refractivity contribution in [2.45, 2.75) is 32.2 Å². The highest BCUT2D eigenvalue weighted by Gasteiger charge is 2.25. The molecule has 0 spiro atoms. The molecule has 100 valence electrons. The molecule has 3 N–H and O–H groups in total. The van der Waals surface area contributed by atoms with Gasteiger partial charge < -0.3 is 10.6 Å². The lowest BCUT2D eigenvalue weighted by Crippen LogP contribution is -2.49. The molecule has 0 radical (unpaired) electrons. The average Bonchev–Trinajstić information content (AvgIpc) is 2.28. The van der Waals surface area contributed by atoms with E-state index in [1.165, 1.54) is 0 Å². The Balaban J connectivity index is 2.51. The highest BCUT2D eigenvalue weighted by atomic mass is 32.2. The zero-order valence-electron chi connectivity index (χ0n) is 10.2. The van der Waals surface area contributed by atoms with Crippen LogP contribution in [0.15, 0.2) is 0 Å². The Morgan fingerprint density at radius 3 is 2.47 bits per heavy atom. The minimum absolute atomic E-state index is 0.0555. The number of piperidine rings is 1. The number of likely N-dealkylation sites (tertiary alicyclic amines) is 1. The van der Waals surface area contributed by atoms with Crippen LogP contribution >= 0.6 is 0 Å². The number of rotatable bonds is 5. The summed E-state index contributed by atoms with van der Waals surface area (Å²) in [5, 5.41) is 0. The van der Waals surface area contributed by atoms with Gasteiger partial charge in [0.15, 0.2) is 0 Å². The quantitative estimate of drug-likeness (QED) is 0.683. The van der Waals surface area contributed by atoms with E-state index in [4.69, 9.17) is 5.73 Å². The summed E-state index contributed by atoms with van der Waals surface area (Å²) in [6.45, 7) is 3.08. The Kier molecular flexibility index (Phi) is 5.35. The highest BCUT2D eigenvalue weighted by Crippen LogP contribution is 2.10. The molecule has 1 aliphatic heterocycles. The number of amides is 1. The van der Waals surface area contributed by atoms with Crippen LogP contribution in [-0.2, 0) is 14.8 Å². The number of nitrogens with zero attached hydrogens (tertiary/aromatic N) is 1. The standard InChI is InChI=1S/C10H21N3O3S/c1-9(12-17(15,16)8-5-11)10(14)13-6-3-2-4-7-13/h9,12H,2-8,11H2,1H3. The molecule has 1 amide bonds. The van der Waals surface area contributed by atoms with Crippen LogP contribution in [0.2, 0.25) is 0 Å². The van der Waals surface area contributed by atoms with Gasteiger partial charge in [-0.25, -0.2) is 13.1 Å². The van der Waals surface area contributed by atoms with Gasteiger partial charge in [-0.1, -0.05) is 0 Å². The Labute approximate surface area is 103 Å². The van der Waals surface area contributed by atoms with E-state index >= 15 is 0 Å². The molecule has 7 heteroatoms. The number of carbonyl (C=O) groups excluding carboxylic acids is 1. The average molecular weight is 263 g/mol. The molecule has 0 aromatic carbocycles. The number of nitrogens with one attached hydrogen (secondary N) is 1. The van der Waals surface area contributed by atoms with Gasteiger partial charge in [-0.3, -0.25) is 4.79 Å². The summed E-state index contributed by atoms with van der Waals surface area (Å²) >= 11 is 0. The van der Waals surface area contributed by atoms with Crippen molar-refractivity contribution in [3.8, 4) is 0 Å². The topological polar surface area (TPSA) is 92.5 Å². The number of nitrogens with two attached hydrogens (primary N) is 1. The summed E-state index contributed by atoms with van der Waals surface area (Å²) in [5.74, 6) is -0.296. The third-order valence-corrected chi connectivity index (χ3v) is 4.27. The molecule has 0 aromatic rings. The fourth-order valence-corrected chi connectivity index (χ4v) is 2.99. The highest BCUT2D eigenvalue weighted by molar-refractivity contribution is 7.89. The second kappa shape index (κ2) is 6.32. The first kappa shape index (κ1) is 14.4. The van der Waals surface area contributed by atoms with Gasteiger partial charge in [0, 0.05) is 19.6 Å². The van der Waals surface area contributed by atoms with Crippen molar-refractivity contribution >= 4 is 15.9 Å².